The number of aryl methyl sites for hydroxylation is 1. The summed E-state index contributed by atoms with van der Waals surface area (Å²) in [4.78, 5) is 15.0. The molecular weight excluding hydrogens is 328 g/mol. The van der Waals surface area contributed by atoms with Gasteiger partial charge in [-0.05, 0) is 48.9 Å². The summed E-state index contributed by atoms with van der Waals surface area (Å²) in [5.41, 5.74) is 3.53. The van der Waals surface area contributed by atoms with Crippen molar-refractivity contribution in [3.05, 3.63) is 58.3 Å². The number of benzene rings is 2. The Morgan fingerprint density at radius 3 is 2.62 bits per heavy atom. The van der Waals surface area contributed by atoms with E-state index in [-0.39, 0.29) is 5.43 Å². The number of nitrogens with one attached hydrogen (secondary N) is 1. The Morgan fingerprint density at radius 2 is 1.88 bits per heavy atom. The smallest absolute Gasteiger partial charge is 0.193 e. The summed E-state index contributed by atoms with van der Waals surface area (Å²) in [6.45, 7) is 5.78. The lowest BCUT2D eigenvalue weighted by atomic mass is 10.1. The van der Waals surface area contributed by atoms with Crippen molar-refractivity contribution < 1.29 is 9.15 Å². The molecule has 4 rings (SSSR count). The van der Waals surface area contributed by atoms with Crippen LogP contribution >= 0.6 is 0 Å². The van der Waals surface area contributed by atoms with E-state index in [1.54, 1.807) is 13.2 Å². The zero-order valence-corrected chi connectivity index (χ0v) is 15.0. The Bertz CT molecular complexity index is 1000. The summed E-state index contributed by atoms with van der Waals surface area (Å²) in [7, 11) is 1.65. The van der Waals surface area contributed by atoms with Gasteiger partial charge in [0.2, 0.25) is 0 Å². The maximum absolute atomic E-state index is 12.7. The first-order valence-electron chi connectivity index (χ1n) is 8.84. The van der Waals surface area contributed by atoms with Crippen molar-refractivity contribution in [1.82, 2.24) is 5.32 Å². The molecule has 1 N–H and O–H groups in total. The minimum absolute atomic E-state index is 0.0216. The van der Waals surface area contributed by atoms with E-state index in [2.05, 4.69) is 10.2 Å². The fourth-order valence-corrected chi connectivity index (χ4v) is 3.44. The predicted molar refractivity (Wildman–Crippen MR) is 104 cm³/mol. The maximum atomic E-state index is 12.7. The van der Waals surface area contributed by atoms with E-state index in [0.29, 0.717) is 16.7 Å². The molecule has 3 aromatic rings. The summed E-state index contributed by atoms with van der Waals surface area (Å²) in [5, 5.41) is 3.96. The molecule has 2 heterocycles. The van der Waals surface area contributed by atoms with E-state index in [4.69, 9.17) is 9.15 Å². The van der Waals surface area contributed by atoms with E-state index in [0.717, 1.165) is 48.7 Å². The highest BCUT2D eigenvalue weighted by atomic mass is 16.5. The molecule has 0 radical (unpaired) electrons. The molecule has 0 bridgehead atoms. The van der Waals surface area contributed by atoms with Gasteiger partial charge in [-0.15, -0.1) is 0 Å². The van der Waals surface area contributed by atoms with Crippen LogP contribution in [0.25, 0.3) is 22.3 Å². The van der Waals surface area contributed by atoms with E-state index in [9.17, 15) is 4.79 Å². The summed E-state index contributed by atoms with van der Waals surface area (Å²) in [6.07, 6.45) is 0. The fraction of sp³-hybridized carbons (Fsp3) is 0.286. The van der Waals surface area contributed by atoms with Gasteiger partial charge < -0.3 is 19.4 Å². The summed E-state index contributed by atoms with van der Waals surface area (Å²) in [6, 6.07) is 13.2. The van der Waals surface area contributed by atoms with Crippen molar-refractivity contribution in [3.63, 3.8) is 0 Å². The molecule has 1 saturated heterocycles. The van der Waals surface area contributed by atoms with Gasteiger partial charge in [0.1, 0.15) is 17.1 Å². The number of rotatable bonds is 3. The average molecular weight is 350 g/mol. The average Bonchev–Trinajstić information content (AvgIpc) is 2.68. The molecule has 0 spiro atoms. The third-order valence-corrected chi connectivity index (χ3v) is 4.87. The van der Waals surface area contributed by atoms with Gasteiger partial charge >= 0.3 is 0 Å². The predicted octanol–water partition coefficient (Wildman–Crippen LogP) is 3.19. The maximum Gasteiger partial charge on any atom is 0.193 e. The number of hydrogen-bond acceptors (Lipinski definition) is 5. The van der Waals surface area contributed by atoms with Gasteiger partial charge in [-0.2, -0.15) is 0 Å². The first-order chi connectivity index (χ1) is 12.7. The molecule has 0 unspecified atom stereocenters. The van der Waals surface area contributed by atoms with Gasteiger partial charge in [-0.25, -0.2) is 0 Å². The lowest BCUT2D eigenvalue weighted by molar-refractivity contribution is 0.411. The van der Waals surface area contributed by atoms with Crippen molar-refractivity contribution in [2.24, 2.45) is 0 Å². The van der Waals surface area contributed by atoms with Crippen LogP contribution in [0, 0.1) is 6.92 Å². The van der Waals surface area contributed by atoms with Crippen molar-refractivity contribution >= 4 is 16.7 Å². The molecule has 0 saturated carbocycles. The second kappa shape index (κ2) is 6.84. The van der Waals surface area contributed by atoms with Crippen LogP contribution in [0.4, 0.5) is 5.69 Å². The standard InChI is InChI=1S/C21H22N2O3/c1-14-11-15(3-5-19(14)25-2)21-13-18(24)17-12-16(4-6-20(17)26-21)23-9-7-22-8-10-23/h3-6,11-13,22H,7-10H2,1-2H3. The molecule has 2 aromatic carbocycles. The van der Waals surface area contributed by atoms with Crippen LogP contribution in [0.15, 0.2) is 51.7 Å². The SMILES string of the molecule is COc1ccc(-c2cc(=O)c3cc(N4CCNCC4)ccc3o2)cc1C. The summed E-state index contributed by atoms with van der Waals surface area (Å²) in [5.74, 6) is 1.39. The number of methoxy groups -OCH3 is 1. The van der Waals surface area contributed by atoms with Gasteiger partial charge in [0, 0.05) is 43.5 Å². The van der Waals surface area contributed by atoms with Crippen molar-refractivity contribution in [3.8, 4) is 17.1 Å². The lowest BCUT2D eigenvalue weighted by Gasteiger charge is -2.29. The number of nitrogens with zero attached hydrogens (tertiary/aromatic N) is 1. The van der Waals surface area contributed by atoms with E-state index >= 15 is 0 Å². The Hall–Kier alpha value is -2.79. The highest BCUT2D eigenvalue weighted by Crippen LogP contribution is 2.28. The Kier molecular flexibility index (Phi) is 4.39. The largest absolute Gasteiger partial charge is 0.496 e. The molecule has 1 aliphatic heterocycles. The molecule has 1 aromatic heterocycles. The van der Waals surface area contributed by atoms with Crippen LogP contribution in [0.5, 0.6) is 5.75 Å². The minimum Gasteiger partial charge on any atom is -0.496 e. The zero-order chi connectivity index (χ0) is 18.1. The van der Waals surface area contributed by atoms with Gasteiger partial charge in [0.15, 0.2) is 5.43 Å². The van der Waals surface area contributed by atoms with Crippen LogP contribution in [-0.2, 0) is 0 Å². The highest BCUT2D eigenvalue weighted by molar-refractivity contribution is 5.82. The van der Waals surface area contributed by atoms with E-state index in [1.165, 1.54) is 0 Å². The molecule has 0 amide bonds. The summed E-state index contributed by atoms with van der Waals surface area (Å²) < 4.78 is 11.3. The molecule has 134 valence electrons. The van der Waals surface area contributed by atoms with Crippen LogP contribution in [0.1, 0.15) is 5.56 Å². The third-order valence-electron chi connectivity index (χ3n) is 4.87. The number of anilines is 1. The molecule has 1 aliphatic rings. The Balaban J connectivity index is 1.75. The van der Waals surface area contributed by atoms with Gasteiger partial charge in [-0.1, -0.05) is 0 Å². The lowest BCUT2D eigenvalue weighted by Crippen LogP contribution is -2.43. The first kappa shape index (κ1) is 16.7. The molecule has 26 heavy (non-hydrogen) atoms. The zero-order valence-electron chi connectivity index (χ0n) is 15.0. The second-order valence-electron chi connectivity index (χ2n) is 6.58. The molecule has 1 fully saturated rings. The number of fused-ring (bicyclic) bond motifs is 1. The molecular formula is C21H22N2O3. The second-order valence-corrected chi connectivity index (χ2v) is 6.58. The molecule has 0 aliphatic carbocycles. The summed E-state index contributed by atoms with van der Waals surface area (Å²) >= 11 is 0. The monoisotopic (exact) mass is 350 g/mol. The normalized spacial score (nSPS) is 14.6. The van der Waals surface area contributed by atoms with Crippen molar-refractivity contribution in [2.45, 2.75) is 6.92 Å². The Labute approximate surface area is 152 Å². The number of piperazine rings is 1. The number of hydrogen-bond donors (Lipinski definition) is 1. The first-order valence-corrected chi connectivity index (χ1v) is 8.84. The minimum atomic E-state index is -0.0216. The van der Waals surface area contributed by atoms with Crippen molar-refractivity contribution in [1.29, 1.82) is 0 Å². The van der Waals surface area contributed by atoms with Gasteiger partial charge in [0.05, 0.1) is 12.5 Å². The van der Waals surface area contributed by atoms with Gasteiger partial charge in [0.25, 0.3) is 0 Å². The fourth-order valence-electron chi connectivity index (χ4n) is 3.44. The quantitative estimate of drug-likeness (QED) is 0.786. The van der Waals surface area contributed by atoms with Crippen LogP contribution in [-0.4, -0.2) is 33.3 Å². The van der Waals surface area contributed by atoms with E-state index in [1.807, 2.05) is 43.3 Å². The van der Waals surface area contributed by atoms with Crippen LogP contribution in [0.3, 0.4) is 0 Å². The van der Waals surface area contributed by atoms with Crippen LogP contribution in [0.2, 0.25) is 0 Å². The molecule has 5 nitrogen and oxygen atoms in total. The van der Waals surface area contributed by atoms with Crippen molar-refractivity contribution in [2.75, 3.05) is 38.2 Å². The Morgan fingerprint density at radius 1 is 1.08 bits per heavy atom. The molecule has 0 atom stereocenters. The highest BCUT2D eigenvalue weighted by Gasteiger charge is 2.13. The molecule has 5 heteroatoms. The van der Waals surface area contributed by atoms with Crippen LogP contribution < -0.4 is 20.4 Å². The van der Waals surface area contributed by atoms with Gasteiger partial charge in [-0.3, -0.25) is 4.79 Å². The van der Waals surface area contributed by atoms with E-state index < -0.39 is 0 Å². The topological polar surface area (TPSA) is 54.7 Å². The number of ether oxygens (including phenoxy) is 1. The third kappa shape index (κ3) is 3.06.